The molecule has 19 heavy (non-hydrogen) atoms. The molecule has 1 aromatic carbocycles. The molecular weight excluding hydrogens is 336 g/mol. The molecule has 0 spiro atoms. The summed E-state index contributed by atoms with van der Waals surface area (Å²) in [6, 6.07) is 5.20. The van der Waals surface area contributed by atoms with Crippen LogP contribution in [0.25, 0.3) is 0 Å². The Labute approximate surface area is 122 Å². The Bertz CT molecular complexity index is 619. The molecule has 0 radical (unpaired) electrons. The van der Waals surface area contributed by atoms with Crippen molar-refractivity contribution < 1.29 is 9.94 Å². The van der Waals surface area contributed by atoms with Crippen LogP contribution in [0.15, 0.2) is 40.2 Å². The smallest absolute Gasteiger partial charge is 0.237 e. The lowest BCUT2D eigenvalue weighted by atomic mass is 10.3. The molecule has 0 unspecified atom stereocenters. The lowest BCUT2D eigenvalue weighted by Gasteiger charge is -2.07. The first-order chi connectivity index (χ1) is 9.10. The lowest BCUT2D eigenvalue weighted by molar-refractivity contribution is 0.318. The van der Waals surface area contributed by atoms with Crippen molar-refractivity contribution in [2.45, 2.75) is 0 Å². The van der Waals surface area contributed by atoms with Crippen molar-refractivity contribution in [2.75, 3.05) is 0 Å². The molecule has 1 heterocycles. The number of nitrogens with two attached hydrogens (primary N) is 1. The van der Waals surface area contributed by atoms with E-state index in [0.717, 1.165) is 4.47 Å². The van der Waals surface area contributed by atoms with E-state index in [-0.39, 0.29) is 17.4 Å². The standard InChI is InChI=1S/C11H8BrClN4O2/c12-6-1-2-7(13)9(3-6)19-10-5-15-8(4-16-10)11(14)17-18/h1-5,18H,(H2,14,17). The van der Waals surface area contributed by atoms with Gasteiger partial charge in [-0.25, -0.2) is 9.97 Å². The topological polar surface area (TPSA) is 93.6 Å². The van der Waals surface area contributed by atoms with Gasteiger partial charge in [-0.15, -0.1) is 0 Å². The van der Waals surface area contributed by atoms with Gasteiger partial charge < -0.3 is 15.7 Å². The number of halogens is 2. The molecule has 3 N–H and O–H groups in total. The molecule has 0 amide bonds. The van der Waals surface area contributed by atoms with E-state index in [2.05, 4.69) is 31.1 Å². The number of aromatic nitrogens is 2. The van der Waals surface area contributed by atoms with Gasteiger partial charge in [0.2, 0.25) is 5.88 Å². The summed E-state index contributed by atoms with van der Waals surface area (Å²) >= 11 is 9.30. The Morgan fingerprint density at radius 1 is 1.37 bits per heavy atom. The number of nitrogens with zero attached hydrogens (tertiary/aromatic N) is 3. The third-order valence-electron chi connectivity index (χ3n) is 2.11. The number of ether oxygens (including phenoxy) is 1. The van der Waals surface area contributed by atoms with Gasteiger partial charge in [0, 0.05) is 4.47 Å². The highest BCUT2D eigenvalue weighted by Crippen LogP contribution is 2.30. The van der Waals surface area contributed by atoms with Gasteiger partial charge in [0.1, 0.15) is 11.4 Å². The van der Waals surface area contributed by atoms with E-state index >= 15 is 0 Å². The number of hydrogen-bond acceptors (Lipinski definition) is 5. The summed E-state index contributed by atoms with van der Waals surface area (Å²) in [7, 11) is 0. The number of oxime groups is 1. The van der Waals surface area contributed by atoms with Gasteiger partial charge in [0.25, 0.3) is 0 Å². The van der Waals surface area contributed by atoms with E-state index in [0.29, 0.717) is 10.8 Å². The van der Waals surface area contributed by atoms with Gasteiger partial charge in [-0.3, -0.25) is 0 Å². The summed E-state index contributed by atoms with van der Waals surface area (Å²) in [5, 5.41) is 11.8. The third-order valence-corrected chi connectivity index (χ3v) is 2.91. The maximum absolute atomic E-state index is 8.50. The normalized spacial score (nSPS) is 11.4. The first-order valence-corrected chi connectivity index (χ1v) is 6.20. The van der Waals surface area contributed by atoms with Crippen LogP contribution in [0.2, 0.25) is 5.02 Å². The first kappa shape index (κ1) is 13.6. The van der Waals surface area contributed by atoms with Crippen molar-refractivity contribution >= 4 is 33.4 Å². The maximum Gasteiger partial charge on any atom is 0.237 e. The third kappa shape index (κ3) is 3.33. The minimum atomic E-state index is -0.125. The minimum absolute atomic E-state index is 0.125. The van der Waals surface area contributed by atoms with Crippen LogP contribution in [-0.2, 0) is 0 Å². The molecule has 0 saturated carbocycles. The quantitative estimate of drug-likeness (QED) is 0.387. The van der Waals surface area contributed by atoms with Gasteiger partial charge in [0.15, 0.2) is 5.84 Å². The zero-order valence-electron chi connectivity index (χ0n) is 9.42. The molecule has 0 saturated heterocycles. The Kier molecular flexibility index (Phi) is 4.18. The first-order valence-electron chi connectivity index (χ1n) is 5.03. The second-order valence-electron chi connectivity index (χ2n) is 3.40. The highest BCUT2D eigenvalue weighted by Gasteiger charge is 2.07. The van der Waals surface area contributed by atoms with Gasteiger partial charge in [0.05, 0.1) is 17.4 Å². The molecule has 2 aromatic rings. The summed E-state index contributed by atoms with van der Waals surface area (Å²) < 4.78 is 6.31. The molecule has 0 atom stereocenters. The second kappa shape index (κ2) is 5.85. The number of amidine groups is 1. The molecule has 0 aliphatic rings. The zero-order chi connectivity index (χ0) is 13.8. The van der Waals surface area contributed by atoms with Crippen LogP contribution in [0.4, 0.5) is 0 Å². The molecule has 8 heteroatoms. The van der Waals surface area contributed by atoms with Crippen LogP contribution in [0.5, 0.6) is 11.6 Å². The average molecular weight is 344 g/mol. The lowest BCUT2D eigenvalue weighted by Crippen LogP contribution is -2.15. The average Bonchev–Trinajstić information content (AvgIpc) is 2.43. The SMILES string of the molecule is NC(=NO)c1cnc(Oc2cc(Br)ccc2Cl)cn1. The van der Waals surface area contributed by atoms with Crippen LogP contribution in [0.1, 0.15) is 5.69 Å². The van der Waals surface area contributed by atoms with E-state index in [4.69, 9.17) is 27.3 Å². The number of rotatable bonds is 3. The van der Waals surface area contributed by atoms with E-state index in [1.165, 1.54) is 12.4 Å². The van der Waals surface area contributed by atoms with Gasteiger partial charge in [-0.2, -0.15) is 0 Å². The predicted octanol–water partition coefficient (Wildman–Crippen LogP) is 2.78. The van der Waals surface area contributed by atoms with Gasteiger partial charge >= 0.3 is 0 Å². The summed E-state index contributed by atoms with van der Waals surface area (Å²) in [4.78, 5) is 7.92. The molecule has 0 aliphatic heterocycles. The molecule has 98 valence electrons. The molecular formula is C11H8BrClN4O2. The maximum atomic E-state index is 8.50. The van der Waals surface area contributed by atoms with Crippen molar-refractivity contribution in [3.05, 3.63) is 45.8 Å². The summed E-state index contributed by atoms with van der Waals surface area (Å²) in [5.74, 6) is 0.566. The molecule has 6 nitrogen and oxygen atoms in total. The van der Waals surface area contributed by atoms with Crippen LogP contribution in [-0.4, -0.2) is 21.0 Å². The Morgan fingerprint density at radius 3 is 2.79 bits per heavy atom. The number of hydrogen-bond donors (Lipinski definition) is 2. The molecule has 2 rings (SSSR count). The fourth-order valence-corrected chi connectivity index (χ4v) is 1.72. The second-order valence-corrected chi connectivity index (χ2v) is 4.72. The molecule has 1 aromatic heterocycles. The van der Waals surface area contributed by atoms with Crippen molar-refractivity contribution in [2.24, 2.45) is 10.9 Å². The van der Waals surface area contributed by atoms with Crippen LogP contribution in [0.3, 0.4) is 0 Å². The molecule has 0 bridgehead atoms. The van der Waals surface area contributed by atoms with Crippen molar-refractivity contribution in [1.82, 2.24) is 9.97 Å². The van der Waals surface area contributed by atoms with E-state index in [1.54, 1.807) is 18.2 Å². The molecule has 0 fully saturated rings. The van der Waals surface area contributed by atoms with Crippen LogP contribution in [0, 0.1) is 0 Å². The number of benzene rings is 1. The van der Waals surface area contributed by atoms with Crippen molar-refractivity contribution in [3.63, 3.8) is 0 Å². The van der Waals surface area contributed by atoms with Crippen LogP contribution >= 0.6 is 27.5 Å². The Morgan fingerprint density at radius 2 is 2.16 bits per heavy atom. The van der Waals surface area contributed by atoms with E-state index < -0.39 is 0 Å². The summed E-state index contributed by atoms with van der Waals surface area (Å²) in [6.07, 6.45) is 2.68. The largest absolute Gasteiger partial charge is 0.436 e. The Hall–Kier alpha value is -1.86. The van der Waals surface area contributed by atoms with Gasteiger partial charge in [-0.05, 0) is 18.2 Å². The monoisotopic (exact) mass is 342 g/mol. The van der Waals surface area contributed by atoms with Crippen molar-refractivity contribution in [3.8, 4) is 11.6 Å². The Balaban J connectivity index is 2.22. The fourth-order valence-electron chi connectivity index (χ4n) is 1.22. The zero-order valence-corrected chi connectivity index (χ0v) is 11.8. The highest BCUT2D eigenvalue weighted by molar-refractivity contribution is 9.10. The predicted molar refractivity (Wildman–Crippen MR) is 73.8 cm³/mol. The summed E-state index contributed by atoms with van der Waals surface area (Å²) in [6.45, 7) is 0. The molecule has 0 aliphatic carbocycles. The van der Waals surface area contributed by atoms with E-state index in [1.807, 2.05) is 0 Å². The highest BCUT2D eigenvalue weighted by atomic mass is 79.9. The van der Waals surface area contributed by atoms with Crippen molar-refractivity contribution in [1.29, 1.82) is 0 Å². The fraction of sp³-hybridized carbons (Fsp3) is 0. The minimum Gasteiger partial charge on any atom is -0.436 e. The van der Waals surface area contributed by atoms with E-state index in [9.17, 15) is 0 Å². The van der Waals surface area contributed by atoms with Gasteiger partial charge in [-0.1, -0.05) is 32.7 Å². The van der Waals surface area contributed by atoms with Crippen LogP contribution < -0.4 is 10.5 Å². The summed E-state index contributed by atoms with van der Waals surface area (Å²) in [5.41, 5.74) is 5.62.